The van der Waals surface area contributed by atoms with Gasteiger partial charge in [-0.1, -0.05) is 36.4 Å². The Labute approximate surface area is 158 Å². The first-order chi connectivity index (χ1) is 12.8. The number of thiophene rings is 1. The highest BCUT2D eigenvalue weighted by atomic mass is 32.1. The average molecular weight is 392 g/mol. The van der Waals surface area contributed by atoms with Crippen LogP contribution in [-0.4, -0.2) is 62.2 Å². The summed E-state index contributed by atoms with van der Waals surface area (Å²) in [5.41, 5.74) is 0. The van der Waals surface area contributed by atoms with Gasteiger partial charge in [-0.25, -0.2) is 4.67 Å². The molecule has 5 nitrogen and oxygen atoms in total. The van der Waals surface area contributed by atoms with E-state index in [0.717, 1.165) is 18.4 Å². The zero-order valence-electron chi connectivity index (χ0n) is 14.8. The standard InChI is InChI=1S/C19H25N2O3PS/c22-25(17-5-2-1-3-6-17,21-10-14-24-15-11-21)19(18-7-4-16-26-18)20-8-12-23-13-9-20/h1-7,16,19H,8-15H2/t19-,25-/m0/s1. The molecule has 2 aliphatic heterocycles. The van der Waals surface area contributed by atoms with E-state index < -0.39 is 7.29 Å². The molecule has 1 aromatic carbocycles. The quantitative estimate of drug-likeness (QED) is 0.732. The molecule has 2 aliphatic rings. The summed E-state index contributed by atoms with van der Waals surface area (Å²) in [6.45, 7) is 5.69. The zero-order chi connectivity index (χ0) is 17.8. The second kappa shape index (κ2) is 8.34. The third-order valence-electron chi connectivity index (χ3n) is 5.05. The predicted molar refractivity (Wildman–Crippen MR) is 106 cm³/mol. The van der Waals surface area contributed by atoms with Crippen LogP contribution in [-0.2, 0) is 14.0 Å². The van der Waals surface area contributed by atoms with Gasteiger partial charge in [0, 0.05) is 36.4 Å². The Kier molecular flexibility index (Phi) is 5.89. The van der Waals surface area contributed by atoms with Crippen LogP contribution in [0.25, 0.3) is 0 Å². The molecule has 2 saturated heterocycles. The lowest BCUT2D eigenvalue weighted by atomic mass is 10.3. The summed E-state index contributed by atoms with van der Waals surface area (Å²) in [4.78, 5) is 3.53. The Balaban J connectivity index is 1.82. The third-order valence-corrected chi connectivity index (χ3v) is 9.70. The zero-order valence-corrected chi connectivity index (χ0v) is 16.5. The molecule has 0 radical (unpaired) electrons. The Bertz CT molecular complexity index is 729. The molecule has 0 aliphatic carbocycles. The lowest BCUT2D eigenvalue weighted by Crippen LogP contribution is -2.45. The summed E-state index contributed by atoms with van der Waals surface area (Å²) in [5, 5.41) is 3.02. The third kappa shape index (κ3) is 3.55. The van der Waals surface area contributed by atoms with Crippen LogP contribution in [0, 0.1) is 0 Å². The minimum atomic E-state index is -2.88. The summed E-state index contributed by atoms with van der Waals surface area (Å²) in [6.07, 6.45) is 0. The van der Waals surface area contributed by atoms with Gasteiger partial charge in [-0.15, -0.1) is 11.3 Å². The molecule has 0 amide bonds. The molecule has 0 N–H and O–H groups in total. The highest BCUT2D eigenvalue weighted by Crippen LogP contribution is 2.63. The number of morpholine rings is 2. The van der Waals surface area contributed by atoms with E-state index in [9.17, 15) is 4.57 Å². The van der Waals surface area contributed by atoms with Crippen molar-refractivity contribution in [2.45, 2.75) is 5.78 Å². The molecule has 140 valence electrons. The van der Waals surface area contributed by atoms with Crippen LogP contribution in [0.2, 0.25) is 0 Å². The molecule has 2 fully saturated rings. The normalized spacial score (nSPS) is 23.4. The van der Waals surface area contributed by atoms with Gasteiger partial charge in [0.1, 0.15) is 5.78 Å². The van der Waals surface area contributed by atoms with Crippen LogP contribution >= 0.6 is 18.6 Å². The molecular formula is C19H25N2O3PS. The molecule has 4 rings (SSSR count). The maximum Gasteiger partial charge on any atom is 0.200 e. The molecule has 3 heterocycles. The van der Waals surface area contributed by atoms with Crippen molar-refractivity contribution in [1.29, 1.82) is 0 Å². The number of hydrogen-bond donors (Lipinski definition) is 0. The van der Waals surface area contributed by atoms with E-state index in [-0.39, 0.29) is 5.78 Å². The smallest absolute Gasteiger partial charge is 0.200 e. The number of hydrogen-bond acceptors (Lipinski definition) is 5. The molecule has 1 aromatic heterocycles. The lowest BCUT2D eigenvalue weighted by Gasteiger charge is -2.44. The molecule has 26 heavy (non-hydrogen) atoms. The molecule has 7 heteroatoms. The Morgan fingerprint density at radius 3 is 2.15 bits per heavy atom. The Morgan fingerprint density at radius 2 is 1.54 bits per heavy atom. The largest absolute Gasteiger partial charge is 0.379 e. The maximum absolute atomic E-state index is 14.9. The van der Waals surface area contributed by atoms with Gasteiger partial charge in [-0.05, 0) is 11.4 Å². The summed E-state index contributed by atoms with van der Waals surface area (Å²) in [5.74, 6) is -0.133. The van der Waals surface area contributed by atoms with Crippen molar-refractivity contribution >= 4 is 23.9 Å². The van der Waals surface area contributed by atoms with Gasteiger partial charge in [-0.2, -0.15) is 0 Å². The highest BCUT2D eigenvalue weighted by molar-refractivity contribution is 7.69. The van der Waals surface area contributed by atoms with Crippen molar-refractivity contribution in [2.24, 2.45) is 0 Å². The average Bonchev–Trinajstić information content (AvgIpc) is 3.24. The van der Waals surface area contributed by atoms with E-state index in [0.29, 0.717) is 39.5 Å². The van der Waals surface area contributed by atoms with Crippen LogP contribution in [0.5, 0.6) is 0 Å². The number of nitrogens with zero attached hydrogens (tertiary/aromatic N) is 2. The van der Waals surface area contributed by atoms with Gasteiger partial charge in [-0.3, -0.25) is 9.46 Å². The van der Waals surface area contributed by atoms with E-state index in [4.69, 9.17) is 9.47 Å². The fourth-order valence-corrected chi connectivity index (χ4v) is 8.52. The van der Waals surface area contributed by atoms with E-state index in [1.54, 1.807) is 11.3 Å². The number of rotatable bonds is 5. The lowest BCUT2D eigenvalue weighted by molar-refractivity contribution is 0.0279. The fourth-order valence-electron chi connectivity index (χ4n) is 3.79. The summed E-state index contributed by atoms with van der Waals surface area (Å²) in [7, 11) is -2.88. The van der Waals surface area contributed by atoms with Crippen LogP contribution in [0.1, 0.15) is 10.7 Å². The van der Waals surface area contributed by atoms with Crippen LogP contribution < -0.4 is 5.30 Å². The van der Waals surface area contributed by atoms with Crippen molar-refractivity contribution in [2.75, 3.05) is 52.6 Å². The van der Waals surface area contributed by atoms with Crippen molar-refractivity contribution in [3.05, 3.63) is 52.7 Å². The van der Waals surface area contributed by atoms with Gasteiger partial charge in [0.2, 0.25) is 7.29 Å². The SMILES string of the molecule is O=[P@@](c1ccccc1)([C@@H](c1cccs1)N1CCOCC1)N1CCOCC1. The molecule has 2 atom stereocenters. The summed E-state index contributed by atoms with van der Waals surface area (Å²) >= 11 is 1.70. The van der Waals surface area contributed by atoms with Gasteiger partial charge in [0.05, 0.1) is 26.4 Å². The van der Waals surface area contributed by atoms with E-state index in [1.165, 1.54) is 4.88 Å². The molecule has 0 unspecified atom stereocenters. The first kappa shape index (κ1) is 18.4. The fraction of sp³-hybridized carbons (Fsp3) is 0.474. The van der Waals surface area contributed by atoms with Gasteiger partial charge >= 0.3 is 0 Å². The van der Waals surface area contributed by atoms with Crippen LogP contribution in [0.4, 0.5) is 0 Å². The van der Waals surface area contributed by atoms with Crippen LogP contribution in [0.15, 0.2) is 47.8 Å². The molecule has 0 bridgehead atoms. The van der Waals surface area contributed by atoms with Gasteiger partial charge in [0.25, 0.3) is 0 Å². The van der Waals surface area contributed by atoms with E-state index in [1.807, 2.05) is 30.3 Å². The number of benzene rings is 1. The van der Waals surface area contributed by atoms with Crippen molar-refractivity contribution < 1.29 is 14.0 Å². The summed E-state index contributed by atoms with van der Waals surface area (Å²) < 4.78 is 28.2. The molecule has 0 spiro atoms. The van der Waals surface area contributed by atoms with Crippen molar-refractivity contribution in [3.63, 3.8) is 0 Å². The summed E-state index contributed by atoms with van der Waals surface area (Å²) in [6, 6.07) is 14.2. The maximum atomic E-state index is 14.9. The second-order valence-electron chi connectivity index (χ2n) is 6.56. The van der Waals surface area contributed by atoms with Crippen LogP contribution in [0.3, 0.4) is 0 Å². The Hall–Kier alpha value is -1.01. The first-order valence-electron chi connectivity index (χ1n) is 9.14. The van der Waals surface area contributed by atoms with Gasteiger partial charge in [0.15, 0.2) is 0 Å². The van der Waals surface area contributed by atoms with Gasteiger partial charge < -0.3 is 9.47 Å². The molecular weight excluding hydrogens is 367 g/mol. The number of ether oxygens (including phenoxy) is 2. The molecule has 2 aromatic rings. The monoisotopic (exact) mass is 392 g/mol. The second-order valence-corrected chi connectivity index (χ2v) is 10.4. The van der Waals surface area contributed by atoms with Crippen molar-refractivity contribution in [3.8, 4) is 0 Å². The Morgan fingerprint density at radius 1 is 0.885 bits per heavy atom. The van der Waals surface area contributed by atoms with Crippen molar-refractivity contribution in [1.82, 2.24) is 9.57 Å². The van der Waals surface area contributed by atoms with E-state index in [2.05, 4.69) is 27.1 Å². The highest BCUT2D eigenvalue weighted by Gasteiger charge is 2.45. The predicted octanol–water partition coefficient (Wildman–Crippen LogP) is 3.01. The minimum absolute atomic E-state index is 0.133. The van der Waals surface area contributed by atoms with E-state index >= 15 is 0 Å². The minimum Gasteiger partial charge on any atom is -0.379 e. The molecule has 0 saturated carbocycles. The first-order valence-corrected chi connectivity index (χ1v) is 11.7. The topological polar surface area (TPSA) is 42.0 Å².